The van der Waals surface area contributed by atoms with E-state index in [4.69, 9.17) is 27.9 Å². The van der Waals surface area contributed by atoms with Crippen molar-refractivity contribution in [2.24, 2.45) is 5.92 Å². The third-order valence-corrected chi connectivity index (χ3v) is 5.84. The van der Waals surface area contributed by atoms with Crippen molar-refractivity contribution in [3.63, 3.8) is 0 Å². The van der Waals surface area contributed by atoms with Crippen LogP contribution in [0.5, 0.6) is 5.75 Å². The van der Waals surface area contributed by atoms with Crippen molar-refractivity contribution >= 4 is 23.2 Å². The number of methoxy groups -OCH3 is 1. The number of halogens is 2. The molecule has 0 N–H and O–H groups in total. The molecule has 1 aliphatic rings. The highest BCUT2D eigenvalue weighted by Crippen LogP contribution is 2.40. The maximum absolute atomic E-state index is 6.40. The Morgan fingerprint density at radius 3 is 2.13 bits per heavy atom. The first-order valence-electron chi connectivity index (χ1n) is 8.22. The standard InChI is InChI=1S/C20H22Cl2O/c1-13-3-5-14(6-4-13)15-7-9-16(10-8-15)17-11-12-18(23-2)20(22)19(17)21/h7-14H,3-6H2,1-2H3. The number of hydrogen-bond donors (Lipinski definition) is 0. The minimum atomic E-state index is 0.469. The van der Waals surface area contributed by atoms with E-state index in [1.807, 2.05) is 12.1 Å². The Labute approximate surface area is 148 Å². The van der Waals surface area contributed by atoms with Crippen LogP contribution >= 0.6 is 23.2 Å². The lowest BCUT2D eigenvalue weighted by Gasteiger charge is -2.26. The molecular formula is C20H22Cl2O. The molecule has 0 amide bonds. The summed E-state index contributed by atoms with van der Waals surface area (Å²) in [7, 11) is 1.59. The van der Waals surface area contributed by atoms with E-state index in [9.17, 15) is 0 Å². The van der Waals surface area contributed by atoms with Crippen molar-refractivity contribution in [2.45, 2.75) is 38.5 Å². The van der Waals surface area contributed by atoms with Crippen LogP contribution in [0.1, 0.15) is 44.1 Å². The molecule has 3 rings (SSSR count). The highest BCUT2D eigenvalue weighted by molar-refractivity contribution is 6.44. The first kappa shape index (κ1) is 16.7. The maximum Gasteiger partial charge on any atom is 0.139 e. The van der Waals surface area contributed by atoms with E-state index in [2.05, 4.69) is 31.2 Å². The van der Waals surface area contributed by atoms with Crippen LogP contribution in [0.2, 0.25) is 10.0 Å². The Kier molecular flexibility index (Phi) is 5.18. The highest BCUT2D eigenvalue weighted by Gasteiger charge is 2.20. The van der Waals surface area contributed by atoms with Crippen LogP contribution in [0.25, 0.3) is 11.1 Å². The Bertz CT molecular complexity index is 671. The van der Waals surface area contributed by atoms with E-state index in [1.54, 1.807) is 7.11 Å². The summed E-state index contributed by atoms with van der Waals surface area (Å²) in [6.45, 7) is 2.36. The van der Waals surface area contributed by atoms with Gasteiger partial charge in [-0.05, 0) is 47.9 Å². The molecule has 0 saturated heterocycles. The average Bonchev–Trinajstić information content (AvgIpc) is 2.58. The second kappa shape index (κ2) is 7.15. The molecule has 0 unspecified atom stereocenters. The summed E-state index contributed by atoms with van der Waals surface area (Å²) in [5.74, 6) is 2.19. The topological polar surface area (TPSA) is 9.23 Å². The summed E-state index contributed by atoms with van der Waals surface area (Å²) in [5.41, 5.74) is 3.48. The van der Waals surface area contributed by atoms with Crippen LogP contribution in [0.3, 0.4) is 0 Å². The Morgan fingerprint density at radius 1 is 0.870 bits per heavy atom. The molecule has 0 spiro atoms. The fraction of sp³-hybridized carbons (Fsp3) is 0.400. The quantitative estimate of drug-likeness (QED) is 0.582. The van der Waals surface area contributed by atoms with Gasteiger partial charge in [0.1, 0.15) is 10.8 Å². The first-order chi connectivity index (χ1) is 11.1. The van der Waals surface area contributed by atoms with Gasteiger partial charge < -0.3 is 4.74 Å². The molecule has 2 aromatic rings. The van der Waals surface area contributed by atoms with Crippen LogP contribution in [0.4, 0.5) is 0 Å². The number of benzene rings is 2. The van der Waals surface area contributed by atoms with Gasteiger partial charge in [-0.3, -0.25) is 0 Å². The maximum atomic E-state index is 6.40. The van der Waals surface area contributed by atoms with Crippen LogP contribution in [-0.2, 0) is 0 Å². The Hall–Kier alpha value is -1.18. The van der Waals surface area contributed by atoms with E-state index in [0.29, 0.717) is 21.7 Å². The van der Waals surface area contributed by atoms with Crippen LogP contribution in [-0.4, -0.2) is 7.11 Å². The molecule has 1 fully saturated rings. The summed E-state index contributed by atoms with van der Waals surface area (Å²) < 4.78 is 5.21. The van der Waals surface area contributed by atoms with Crippen LogP contribution in [0, 0.1) is 5.92 Å². The third-order valence-electron chi connectivity index (χ3n) is 4.98. The largest absolute Gasteiger partial charge is 0.495 e. The SMILES string of the molecule is COc1ccc(-c2ccc(C3CCC(C)CC3)cc2)c(Cl)c1Cl. The van der Waals surface area contributed by atoms with Crippen molar-refractivity contribution < 1.29 is 4.74 Å². The lowest BCUT2D eigenvalue weighted by molar-refractivity contribution is 0.348. The van der Waals surface area contributed by atoms with Gasteiger partial charge in [0.2, 0.25) is 0 Å². The molecule has 1 nitrogen and oxygen atoms in total. The Balaban J connectivity index is 1.84. The van der Waals surface area contributed by atoms with Crippen molar-refractivity contribution in [1.29, 1.82) is 0 Å². The molecule has 0 bridgehead atoms. The predicted octanol–water partition coefficient (Wildman–Crippen LogP) is 6.96. The zero-order valence-corrected chi connectivity index (χ0v) is 15.1. The highest BCUT2D eigenvalue weighted by atomic mass is 35.5. The van der Waals surface area contributed by atoms with Gasteiger partial charge in [-0.15, -0.1) is 0 Å². The van der Waals surface area contributed by atoms with E-state index >= 15 is 0 Å². The number of rotatable bonds is 3. The fourth-order valence-corrected chi connectivity index (χ4v) is 3.95. The molecule has 1 saturated carbocycles. The normalized spacial score (nSPS) is 21.2. The third kappa shape index (κ3) is 3.51. The van der Waals surface area contributed by atoms with Gasteiger partial charge in [0.25, 0.3) is 0 Å². The van der Waals surface area contributed by atoms with Gasteiger partial charge in [0, 0.05) is 5.56 Å². The van der Waals surface area contributed by atoms with Gasteiger partial charge in [0.15, 0.2) is 0 Å². The van der Waals surface area contributed by atoms with Gasteiger partial charge in [-0.25, -0.2) is 0 Å². The van der Waals surface area contributed by atoms with E-state index in [1.165, 1.54) is 31.2 Å². The van der Waals surface area contributed by atoms with Gasteiger partial charge in [-0.2, -0.15) is 0 Å². The smallest absolute Gasteiger partial charge is 0.139 e. The molecule has 2 aromatic carbocycles. The van der Waals surface area contributed by atoms with E-state index in [-0.39, 0.29) is 0 Å². The summed E-state index contributed by atoms with van der Waals surface area (Å²) in [5, 5.41) is 1.02. The monoisotopic (exact) mass is 348 g/mol. The van der Waals surface area contributed by atoms with Gasteiger partial charge >= 0.3 is 0 Å². The Morgan fingerprint density at radius 2 is 1.52 bits per heavy atom. The summed E-state index contributed by atoms with van der Waals surface area (Å²) >= 11 is 12.7. The molecule has 0 heterocycles. The second-order valence-electron chi connectivity index (χ2n) is 6.52. The van der Waals surface area contributed by atoms with Gasteiger partial charge in [0.05, 0.1) is 12.1 Å². The minimum absolute atomic E-state index is 0.469. The molecule has 23 heavy (non-hydrogen) atoms. The van der Waals surface area contributed by atoms with Crippen molar-refractivity contribution in [1.82, 2.24) is 0 Å². The van der Waals surface area contributed by atoms with Crippen molar-refractivity contribution in [3.8, 4) is 16.9 Å². The number of ether oxygens (including phenoxy) is 1. The molecule has 3 heteroatoms. The molecule has 1 aliphatic carbocycles. The van der Waals surface area contributed by atoms with Crippen LogP contribution < -0.4 is 4.74 Å². The zero-order valence-electron chi connectivity index (χ0n) is 13.6. The van der Waals surface area contributed by atoms with Gasteiger partial charge in [-0.1, -0.05) is 67.2 Å². The lowest BCUT2D eigenvalue weighted by Crippen LogP contribution is -2.10. The number of hydrogen-bond acceptors (Lipinski definition) is 1. The van der Waals surface area contributed by atoms with E-state index < -0.39 is 0 Å². The zero-order chi connectivity index (χ0) is 16.4. The fourth-order valence-electron chi connectivity index (χ4n) is 3.44. The minimum Gasteiger partial charge on any atom is -0.495 e. The molecule has 0 atom stereocenters. The summed E-state index contributed by atoms with van der Waals surface area (Å²) in [4.78, 5) is 0. The summed E-state index contributed by atoms with van der Waals surface area (Å²) in [6, 6.07) is 12.6. The average molecular weight is 349 g/mol. The van der Waals surface area contributed by atoms with Crippen molar-refractivity contribution in [3.05, 3.63) is 52.0 Å². The molecule has 0 aliphatic heterocycles. The molecule has 0 aromatic heterocycles. The van der Waals surface area contributed by atoms with E-state index in [0.717, 1.165) is 17.0 Å². The molecule has 0 radical (unpaired) electrons. The van der Waals surface area contributed by atoms with Crippen LogP contribution in [0.15, 0.2) is 36.4 Å². The second-order valence-corrected chi connectivity index (χ2v) is 7.28. The predicted molar refractivity (Wildman–Crippen MR) is 98.8 cm³/mol. The van der Waals surface area contributed by atoms with Crippen molar-refractivity contribution in [2.75, 3.05) is 7.11 Å². The lowest BCUT2D eigenvalue weighted by atomic mass is 9.79. The molecule has 122 valence electrons. The summed E-state index contributed by atoms with van der Waals surface area (Å²) in [6.07, 6.45) is 5.28. The first-order valence-corrected chi connectivity index (χ1v) is 8.98. The molecular weight excluding hydrogens is 327 g/mol.